The molecule has 0 bridgehead atoms. The molecule has 140 valence electrons. The SMILES string of the molecule is COc1ccc(-c2nnc3c4ccccc4c(OC4CCNC4=O)nn23)cc1. The smallest absolute Gasteiger partial charge is 0.261 e. The van der Waals surface area contributed by atoms with Gasteiger partial charge in [0.15, 0.2) is 17.6 Å². The molecule has 1 aliphatic heterocycles. The van der Waals surface area contributed by atoms with Gasteiger partial charge in [0.1, 0.15) is 5.75 Å². The van der Waals surface area contributed by atoms with Crippen LogP contribution in [0.15, 0.2) is 48.5 Å². The Hall–Kier alpha value is -3.68. The maximum Gasteiger partial charge on any atom is 0.261 e. The molecule has 8 heteroatoms. The molecule has 1 fully saturated rings. The van der Waals surface area contributed by atoms with Crippen molar-refractivity contribution >= 4 is 22.3 Å². The van der Waals surface area contributed by atoms with Crippen LogP contribution in [-0.2, 0) is 4.79 Å². The van der Waals surface area contributed by atoms with E-state index < -0.39 is 6.10 Å². The predicted octanol–water partition coefficient (Wildman–Crippen LogP) is 2.22. The Morgan fingerprint density at radius 1 is 1.07 bits per heavy atom. The van der Waals surface area contributed by atoms with Crippen LogP contribution in [0.4, 0.5) is 0 Å². The number of methoxy groups -OCH3 is 1. The highest BCUT2D eigenvalue weighted by molar-refractivity contribution is 5.97. The lowest BCUT2D eigenvalue weighted by molar-refractivity contribution is -0.125. The fourth-order valence-electron chi connectivity index (χ4n) is 3.38. The molecule has 0 aliphatic carbocycles. The second-order valence-electron chi connectivity index (χ2n) is 6.52. The molecule has 1 N–H and O–H groups in total. The van der Waals surface area contributed by atoms with Crippen molar-refractivity contribution < 1.29 is 14.3 Å². The maximum atomic E-state index is 12.0. The van der Waals surface area contributed by atoms with Crippen LogP contribution >= 0.6 is 0 Å². The first kappa shape index (κ1) is 16.5. The van der Waals surface area contributed by atoms with Gasteiger partial charge in [-0.15, -0.1) is 15.3 Å². The Morgan fingerprint density at radius 3 is 2.57 bits per heavy atom. The van der Waals surface area contributed by atoms with Crippen LogP contribution in [0.25, 0.3) is 27.8 Å². The Bertz CT molecular complexity index is 1190. The summed E-state index contributed by atoms with van der Waals surface area (Å²) in [6.45, 7) is 0.605. The van der Waals surface area contributed by atoms with Crippen molar-refractivity contribution in [3.63, 3.8) is 0 Å². The van der Waals surface area contributed by atoms with Crippen molar-refractivity contribution in [3.05, 3.63) is 48.5 Å². The fraction of sp³-hybridized carbons (Fsp3) is 0.200. The number of aromatic nitrogens is 4. The predicted molar refractivity (Wildman–Crippen MR) is 102 cm³/mol. The Morgan fingerprint density at radius 2 is 1.86 bits per heavy atom. The van der Waals surface area contributed by atoms with E-state index in [1.807, 2.05) is 48.5 Å². The summed E-state index contributed by atoms with van der Waals surface area (Å²) in [6.07, 6.45) is 0.0645. The number of ether oxygens (including phenoxy) is 2. The molecule has 2 aromatic heterocycles. The third kappa shape index (κ3) is 2.61. The summed E-state index contributed by atoms with van der Waals surface area (Å²) in [6, 6.07) is 15.2. The molecule has 4 aromatic rings. The largest absolute Gasteiger partial charge is 0.497 e. The monoisotopic (exact) mass is 375 g/mol. The number of amides is 1. The van der Waals surface area contributed by atoms with E-state index in [4.69, 9.17) is 9.47 Å². The highest BCUT2D eigenvalue weighted by Gasteiger charge is 2.27. The fourth-order valence-corrected chi connectivity index (χ4v) is 3.38. The quantitative estimate of drug-likeness (QED) is 0.588. The number of hydrogen-bond acceptors (Lipinski definition) is 6. The molecule has 8 nitrogen and oxygen atoms in total. The van der Waals surface area contributed by atoms with Gasteiger partial charge in [-0.25, -0.2) is 0 Å². The van der Waals surface area contributed by atoms with E-state index in [2.05, 4.69) is 20.6 Å². The van der Waals surface area contributed by atoms with Gasteiger partial charge in [-0.2, -0.15) is 4.52 Å². The molecular weight excluding hydrogens is 358 g/mol. The summed E-state index contributed by atoms with van der Waals surface area (Å²) < 4.78 is 12.9. The molecule has 1 aliphatic rings. The first-order chi connectivity index (χ1) is 13.7. The molecule has 3 heterocycles. The van der Waals surface area contributed by atoms with Gasteiger partial charge < -0.3 is 14.8 Å². The van der Waals surface area contributed by atoms with Gasteiger partial charge in [0.25, 0.3) is 5.91 Å². The number of nitrogens with zero attached hydrogens (tertiary/aromatic N) is 4. The van der Waals surface area contributed by atoms with E-state index in [-0.39, 0.29) is 5.91 Å². The van der Waals surface area contributed by atoms with Crippen molar-refractivity contribution in [3.8, 4) is 23.0 Å². The van der Waals surface area contributed by atoms with E-state index in [1.54, 1.807) is 11.6 Å². The molecular formula is C20H17N5O3. The highest BCUT2D eigenvalue weighted by atomic mass is 16.5. The highest BCUT2D eigenvalue weighted by Crippen LogP contribution is 2.30. The lowest BCUT2D eigenvalue weighted by atomic mass is 10.2. The van der Waals surface area contributed by atoms with Crippen molar-refractivity contribution in [2.75, 3.05) is 13.7 Å². The van der Waals surface area contributed by atoms with Gasteiger partial charge >= 0.3 is 0 Å². The van der Waals surface area contributed by atoms with E-state index in [1.165, 1.54) is 0 Å². The Labute approximate surface area is 160 Å². The summed E-state index contributed by atoms with van der Waals surface area (Å²) in [4.78, 5) is 12.0. The first-order valence-corrected chi connectivity index (χ1v) is 8.97. The third-order valence-electron chi connectivity index (χ3n) is 4.83. The number of rotatable bonds is 4. The minimum Gasteiger partial charge on any atom is -0.497 e. The molecule has 2 aromatic carbocycles. The van der Waals surface area contributed by atoms with E-state index in [9.17, 15) is 4.79 Å². The van der Waals surface area contributed by atoms with Gasteiger partial charge in [0, 0.05) is 29.3 Å². The normalized spacial score (nSPS) is 16.5. The maximum absolute atomic E-state index is 12.0. The number of hydrogen-bond donors (Lipinski definition) is 1. The summed E-state index contributed by atoms with van der Waals surface area (Å²) >= 11 is 0. The van der Waals surface area contributed by atoms with Crippen molar-refractivity contribution in [1.29, 1.82) is 0 Å². The molecule has 5 rings (SSSR count). The number of carbonyl (C=O) groups excluding carboxylic acids is 1. The number of fused-ring (bicyclic) bond motifs is 3. The lowest BCUT2D eigenvalue weighted by Gasteiger charge is -2.13. The zero-order chi connectivity index (χ0) is 19.1. The van der Waals surface area contributed by atoms with Crippen LogP contribution in [0.5, 0.6) is 11.6 Å². The Kier molecular flexibility index (Phi) is 3.82. The molecule has 1 amide bonds. The molecule has 1 saturated heterocycles. The second-order valence-corrected chi connectivity index (χ2v) is 6.52. The minimum atomic E-state index is -0.547. The molecule has 1 atom stereocenters. The number of carbonyl (C=O) groups is 1. The third-order valence-corrected chi connectivity index (χ3v) is 4.83. The van der Waals surface area contributed by atoms with Gasteiger partial charge in [-0.05, 0) is 30.3 Å². The van der Waals surface area contributed by atoms with Gasteiger partial charge in [-0.1, -0.05) is 18.2 Å². The van der Waals surface area contributed by atoms with Crippen molar-refractivity contribution in [2.45, 2.75) is 12.5 Å². The zero-order valence-electron chi connectivity index (χ0n) is 15.1. The van der Waals surface area contributed by atoms with Crippen molar-refractivity contribution in [2.24, 2.45) is 0 Å². The first-order valence-electron chi connectivity index (χ1n) is 8.97. The van der Waals surface area contributed by atoms with Crippen LogP contribution in [0.2, 0.25) is 0 Å². The number of benzene rings is 2. The van der Waals surface area contributed by atoms with E-state index >= 15 is 0 Å². The van der Waals surface area contributed by atoms with Crippen LogP contribution in [0.1, 0.15) is 6.42 Å². The average molecular weight is 375 g/mol. The van der Waals surface area contributed by atoms with E-state index in [0.717, 1.165) is 22.1 Å². The zero-order valence-corrected chi connectivity index (χ0v) is 15.1. The summed E-state index contributed by atoms with van der Waals surface area (Å²) in [7, 11) is 1.62. The van der Waals surface area contributed by atoms with E-state index in [0.29, 0.717) is 30.3 Å². The Balaban J connectivity index is 1.68. The van der Waals surface area contributed by atoms with Gasteiger partial charge in [0.05, 0.1) is 7.11 Å². The minimum absolute atomic E-state index is 0.120. The molecule has 1 unspecified atom stereocenters. The summed E-state index contributed by atoms with van der Waals surface area (Å²) in [5.41, 5.74) is 1.48. The van der Waals surface area contributed by atoms with Crippen molar-refractivity contribution in [1.82, 2.24) is 25.1 Å². The lowest BCUT2D eigenvalue weighted by Crippen LogP contribution is -2.28. The molecule has 0 radical (unpaired) electrons. The molecule has 28 heavy (non-hydrogen) atoms. The number of nitrogens with one attached hydrogen (secondary N) is 1. The average Bonchev–Trinajstić information content (AvgIpc) is 3.34. The molecule has 0 saturated carbocycles. The molecule has 0 spiro atoms. The summed E-state index contributed by atoms with van der Waals surface area (Å²) in [5, 5.41) is 17.7. The van der Waals surface area contributed by atoms with Gasteiger partial charge in [0.2, 0.25) is 5.88 Å². The van der Waals surface area contributed by atoms with Gasteiger partial charge in [-0.3, -0.25) is 4.79 Å². The topological polar surface area (TPSA) is 90.6 Å². The second kappa shape index (κ2) is 6.49. The van der Waals surface area contributed by atoms with Crippen LogP contribution in [0, 0.1) is 0 Å². The van der Waals surface area contributed by atoms with Crippen LogP contribution < -0.4 is 14.8 Å². The standard InChI is InChI=1S/C20H17N5O3/c1-27-13-8-6-12(7-9-13)17-22-23-18-14-4-2-3-5-15(14)20(24-25(17)18)28-16-10-11-21-19(16)26/h2-9,16H,10-11H2,1H3,(H,21,26). The van der Waals surface area contributed by atoms with Crippen LogP contribution in [-0.4, -0.2) is 45.5 Å². The summed E-state index contributed by atoms with van der Waals surface area (Å²) in [5.74, 6) is 1.61. The van der Waals surface area contributed by atoms with Crippen LogP contribution in [0.3, 0.4) is 0 Å².